The molecule has 1 fully saturated rings. The number of hydrogen-bond donors (Lipinski definition) is 1. The van der Waals surface area contributed by atoms with E-state index in [0.717, 1.165) is 10.9 Å². The number of benzene rings is 1. The number of nitrogens with zero attached hydrogens (tertiary/aromatic N) is 2. The highest BCUT2D eigenvalue weighted by Crippen LogP contribution is 2.34. The maximum absolute atomic E-state index is 11.9. The Morgan fingerprint density at radius 2 is 2.05 bits per heavy atom. The zero-order chi connectivity index (χ0) is 14.5. The third-order valence-electron chi connectivity index (χ3n) is 3.63. The molecule has 21 heavy (non-hydrogen) atoms. The van der Waals surface area contributed by atoms with Crippen LogP contribution in [0, 0.1) is 0 Å². The molecule has 4 nitrogen and oxygen atoms in total. The molecule has 0 unspecified atom stereocenters. The van der Waals surface area contributed by atoms with E-state index in [1.807, 2.05) is 23.9 Å². The third-order valence-corrected chi connectivity index (χ3v) is 4.98. The molecular formula is C16H19N3OS. The Morgan fingerprint density at radius 1 is 1.29 bits per heavy atom. The molecule has 0 atom stereocenters. The molecule has 3 rings (SSSR count). The summed E-state index contributed by atoms with van der Waals surface area (Å²) in [6, 6.07) is 8.14. The molecule has 1 N–H and O–H groups in total. The molecule has 1 aromatic carbocycles. The van der Waals surface area contributed by atoms with Crippen molar-refractivity contribution in [1.29, 1.82) is 0 Å². The van der Waals surface area contributed by atoms with Crippen LogP contribution in [0.25, 0.3) is 0 Å². The summed E-state index contributed by atoms with van der Waals surface area (Å²) < 4.78 is 1.75. The van der Waals surface area contributed by atoms with E-state index in [4.69, 9.17) is 0 Å². The van der Waals surface area contributed by atoms with E-state index in [-0.39, 0.29) is 5.91 Å². The smallest absolute Gasteiger partial charge is 0.244 e. The van der Waals surface area contributed by atoms with Crippen LogP contribution in [0.3, 0.4) is 0 Å². The van der Waals surface area contributed by atoms with E-state index >= 15 is 0 Å². The van der Waals surface area contributed by atoms with Gasteiger partial charge in [-0.3, -0.25) is 4.79 Å². The molecule has 1 amide bonds. The lowest BCUT2D eigenvalue weighted by Crippen LogP contribution is -2.17. The average Bonchev–Trinajstić information content (AvgIpc) is 3.14. The Kier molecular flexibility index (Phi) is 4.60. The molecule has 0 saturated heterocycles. The van der Waals surface area contributed by atoms with Gasteiger partial charge in [0.25, 0.3) is 0 Å². The molecular weight excluding hydrogens is 282 g/mol. The van der Waals surface area contributed by atoms with Gasteiger partial charge in [-0.1, -0.05) is 12.8 Å². The van der Waals surface area contributed by atoms with Crippen LogP contribution in [-0.4, -0.2) is 20.7 Å². The number of thioether (sulfide) groups is 1. The highest BCUT2D eigenvalue weighted by Gasteiger charge is 2.15. The quantitative estimate of drug-likeness (QED) is 0.918. The molecule has 0 spiro atoms. The monoisotopic (exact) mass is 301 g/mol. The van der Waals surface area contributed by atoms with E-state index < -0.39 is 0 Å². The van der Waals surface area contributed by atoms with Crippen LogP contribution in [-0.2, 0) is 11.3 Å². The predicted octanol–water partition coefficient (Wildman–Crippen LogP) is 3.56. The second-order valence-corrected chi connectivity index (χ2v) is 6.71. The van der Waals surface area contributed by atoms with Crippen LogP contribution >= 0.6 is 11.8 Å². The Hall–Kier alpha value is -1.75. The van der Waals surface area contributed by atoms with E-state index in [0.29, 0.717) is 6.54 Å². The van der Waals surface area contributed by atoms with Crippen molar-refractivity contribution in [2.24, 2.45) is 0 Å². The first-order valence-electron chi connectivity index (χ1n) is 7.32. The lowest BCUT2D eigenvalue weighted by molar-refractivity contribution is -0.116. The number of nitrogens with one attached hydrogen (secondary N) is 1. The number of carbonyl (C=O) groups is 1. The van der Waals surface area contributed by atoms with Gasteiger partial charge in [-0.2, -0.15) is 0 Å². The van der Waals surface area contributed by atoms with Crippen molar-refractivity contribution in [2.75, 3.05) is 5.32 Å². The number of amides is 1. The minimum absolute atomic E-state index is 0.0378. The van der Waals surface area contributed by atoms with Crippen molar-refractivity contribution in [1.82, 2.24) is 9.55 Å². The van der Waals surface area contributed by atoms with Gasteiger partial charge >= 0.3 is 0 Å². The van der Waals surface area contributed by atoms with Gasteiger partial charge < -0.3 is 9.88 Å². The van der Waals surface area contributed by atoms with Crippen LogP contribution < -0.4 is 5.32 Å². The molecule has 5 heteroatoms. The number of hydrogen-bond acceptors (Lipinski definition) is 3. The first-order chi connectivity index (χ1) is 10.3. The van der Waals surface area contributed by atoms with Gasteiger partial charge in [-0.15, -0.1) is 11.8 Å². The highest BCUT2D eigenvalue weighted by molar-refractivity contribution is 8.00. The average molecular weight is 301 g/mol. The fraction of sp³-hybridized carbons (Fsp3) is 0.375. The second-order valence-electron chi connectivity index (χ2n) is 5.33. The van der Waals surface area contributed by atoms with E-state index in [1.54, 1.807) is 23.3 Å². The molecule has 1 aliphatic rings. The maximum Gasteiger partial charge on any atom is 0.244 e. The first kappa shape index (κ1) is 14.2. The zero-order valence-corrected chi connectivity index (χ0v) is 12.7. The molecule has 2 aromatic rings. The van der Waals surface area contributed by atoms with Crippen LogP contribution in [0.1, 0.15) is 25.7 Å². The van der Waals surface area contributed by atoms with Gasteiger partial charge in [0.1, 0.15) is 6.54 Å². The third kappa shape index (κ3) is 4.11. The number of anilines is 1. The molecule has 110 valence electrons. The van der Waals surface area contributed by atoms with Crippen molar-refractivity contribution < 1.29 is 4.79 Å². The molecule has 1 aliphatic carbocycles. The summed E-state index contributed by atoms with van der Waals surface area (Å²) in [5, 5.41) is 3.67. The zero-order valence-electron chi connectivity index (χ0n) is 11.9. The minimum atomic E-state index is -0.0378. The molecule has 1 heterocycles. The molecule has 1 aromatic heterocycles. The Balaban J connectivity index is 1.52. The van der Waals surface area contributed by atoms with Crippen molar-refractivity contribution in [3.8, 4) is 0 Å². The van der Waals surface area contributed by atoms with Crippen LogP contribution in [0.2, 0.25) is 0 Å². The number of aromatic nitrogens is 2. The van der Waals surface area contributed by atoms with Crippen molar-refractivity contribution in [2.45, 2.75) is 42.4 Å². The van der Waals surface area contributed by atoms with Crippen LogP contribution in [0.4, 0.5) is 5.69 Å². The predicted molar refractivity (Wildman–Crippen MR) is 85.4 cm³/mol. The topological polar surface area (TPSA) is 46.9 Å². The van der Waals surface area contributed by atoms with Crippen LogP contribution in [0.5, 0.6) is 0 Å². The number of rotatable bonds is 5. The SMILES string of the molecule is O=C(Cn1ccnc1)Nc1ccc(SC2CCCC2)cc1. The van der Waals surface area contributed by atoms with Gasteiger partial charge in [0.2, 0.25) is 5.91 Å². The van der Waals surface area contributed by atoms with E-state index in [2.05, 4.69) is 22.4 Å². The van der Waals surface area contributed by atoms with Crippen molar-refractivity contribution >= 4 is 23.4 Å². The summed E-state index contributed by atoms with van der Waals surface area (Å²) in [4.78, 5) is 17.1. The van der Waals surface area contributed by atoms with E-state index in [9.17, 15) is 4.79 Å². The number of carbonyl (C=O) groups excluding carboxylic acids is 1. The first-order valence-corrected chi connectivity index (χ1v) is 8.20. The Labute approximate surface area is 129 Å². The summed E-state index contributed by atoms with van der Waals surface area (Å²) in [6.07, 6.45) is 10.5. The maximum atomic E-state index is 11.9. The summed E-state index contributed by atoms with van der Waals surface area (Å²) in [5.74, 6) is -0.0378. The summed E-state index contributed by atoms with van der Waals surface area (Å²) in [5.41, 5.74) is 0.843. The second kappa shape index (κ2) is 6.80. The van der Waals surface area contributed by atoms with Gasteiger partial charge in [0, 0.05) is 28.2 Å². The highest BCUT2D eigenvalue weighted by atomic mass is 32.2. The lowest BCUT2D eigenvalue weighted by Gasteiger charge is -2.10. The van der Waals surface area contributed by atoms with Gasteiger partial charge in [0.15, 0.2) is 0 Å². The minimum Gasteiger partial charge on any atom is -0.328 e. The lowest BCUT2D eigenvalue weighted by atomic mass is 10.3. The normalized spacial score (nSPS) is 15.2. The Morgan fingerprint density at radius 3 is 2.71 bits per heavy atom. The standard InChI is InChI=1S/C16H19N3OS/c20-16(11-19-10-9-17-12-19)18-13-5-7-15(8-6-13)21-14-3-1-2-4-14/h5-10,12,14H,1-4,11H2,(H,18,20). The number of imidazole rings is 1. The van der Waals surface area contributed by atoms with Gasteiger partial charge in [0.05, 0.1) is 6.33 Å². The largest absolute Gasteiger partial charge is 0.328 e. The van der Waals surface area contributed by atoms with Crippen molar-refractivity contribution in [3.63, 3.8) is 0 Å². The fourth-order valence-corrected chi connectivity index (χ4v) is 3.81. The molecule has 1 saturated carbocycles. The summed E-state index contributed by atoms with van der Waals surface area (Å²) in [6.45, 7) is 0.290. The van der Waals surface area contributed by atoms with E-state index in [1.165, 1.54) is 30.6 Å². The van der Waals surface area contributed by atoms with Gasteiger partial charge in [-0.25, -0.2) is 4.98 Å². The fourth-order valence-electron chi connectivity index (χ4n) is 2.56. The summed E-state index contributed by atoms with van der Waals surface area (Å²) in [7, 11) is 0. The van der Waals surface area contributed by atoms with Crippen molar-refractivity contribution in [3.05, 3.63) is 43.0 Å². The van der Waals surface area contributed by atoms with Gasteiger partial charge in [-0.05, 0) is 37.1 Å². The Bertz CT molecular complexity index is 574. The molecule has 0 aliphatic heterocycles. The molecule has 0 radical (unpaired) electrons. The summed E-state index contributed by atoms with van der Waals surface area (Å²) >= 11 is 1.96. The molecule has 0 bridgehead atoms. The van der Waals surface area contributed by atoms with Crippen LogP contribution in [0.15, 0.2) is 47.9 Å².